The fourth-order valence-electron chi connectivity index (χ4n) is 1.97. The van der Waals surface area contributed by atoms with Gasteiger partial charge in [0.25, 0.3) is 0 Å². The summed E-state index contributed by atoms with van der Waals surface area (Å²) >= 11 is 0. The van der Waals surface area contributed by atoms with Crippen molar-refractivity contribution in [3.63, 3.8) is 0 Å². The second kappa shape index (κ2) is 8.51. The van der Waals surface area contributed by atoms with Gasteiger partial charge in [-0.2, -0.15) is 0 Å². The molecule has 0 aromatic heterocycles. The minimum Gasteiger partial charge on any atom is -0.496 e. The Morgan fingerprint density at radius 1 is 1.33 bits per heavy atom. The summed E-state index contributed by atoms with van der Waals surface area (Å²) in [4.78, 5) is 0. The fourth-order valence-corrected chi connectivity index (χ4v) is 4.76. The van der Waals surface area contributed by atoms with Crippen LogP contribution in [0.2, 0.25) is 0 Å². The van der Waals surface area contributed by atoms with Crippen LogP contribution in [0, 0.1) is 0 Å². The minimum absolute atomic E-state index is 0.0512. The van der Waals surface area contributed by atoms with Crippen LogP contribution < -0.4 is 10.1 Å². The fraction of sp³-hybridized carbons (Fsp3) is 0.571. The van der Waals surface area contributed by atoms with Gasteiger partial charge in [-0.15, -0.1) is 0 Å². The SMILES string of the molecule is CCNC(CS(=O)CCS(C)(=O)=O)c1ccccc1OC. The van der Waals surface area contributed by atoms with E-state index in [0.29, 0.717) is 5.75 Å². The number of hydrogen-bond donors (Lipinski definition) is 1. The van der Waals surface area contributed by atoms with Gasteiger partial charge in [0.2, 0.25) is 0 Å². The first kappa shape index (κ1) is 18.1. The molecule has 0 fully saturated rings. The molecule has 0 amide bonds. The number of ether oxygens (including phenoxy) is 1. The third-order valence-corrected chi connectivity index (χ3v) is 5.57. The van der Waals surface area contributed by atoms with Crippen molar-refractivity contribution in [2.45, 2.75) is 13.0 Å². The normalized spacial score (nSPS) is 14.6. The number of hydrogen-bond acceptors (Lipinski definition) is 5. The highest BCUT2D eigenvalue weighted by Crippen LogP contribution is 2.25. The molecule has 5 nitrogen and oxygen atoms in total. The van der Waals surface area contributed by atoms with Crippen molar-refractivity contribution in [1.82, 2.24) is 5.32 Å². The van der Waals surface area contributed by atoms with Gasteiger partial charge in [0.1, 0.15) is 15.6 Å². The van der Waals surface area contributed by atoms with Crippen molar-refractivity contribution < 1.29 is 17.4 Å². The van der Waals surface area contributed by atoms with E-state index in [2.05, 4.69) is 5.32 Å². The van der Waals surface area contributed by atoms with Gasteiger partial charge in [-0.05, 0) is 12.6 Å². The van der Waals surface area contributed by atoms with Gasteiger partial charge in [0, 0.05) is 40.2 Å². The Balaban J connectivity index is 2.80. The summed E-state index contributed by atoms with van der Waals surface area (Å²) in [6.07, 6.45) is 1.16. The highest BCUT2D eigenvalue weighted by Gasteiger charge is 2.18. The van der Waals surface area contributed by atoms with Crippen molar-refractivity contribution in [3.8, 4) is 5.75 Å². The summed E-state index contributed by atoms with van der Waals surface area (Å²) in [5.41, 5.74) is 0.939. The lowest BCUT2D eigenvalue weighted by Gasteiger charge is -2.20. The first-order valence-electron chi connectivity index (χ1n) is 6.76. The van der Waals surface area contributed by atoms with Gasteiger partial charge in [-0.1, -0.05) is 25.1 Å². The predicted octanol–water partition coefficient (Wildman–Crippen LogP) is 1.14. The monoisotopic (exact) mass is 333 g/mol. The van der Waals surface area contributed by atoms with Gasteiger partial charge in [-0.3, -0.25) is 4.21 Å². The van der Waals surface area contributed by atoms with Crippen LogP contribution in [0.5, 0.6) is 5.75 Å². The zero-order valence-electron chi connectivity index (χ0n) is 12.7. The topological polar surface area (TPSA) is 72.5 Å². The molecule has 2 unspecified atom stereocenters. The number of sulfone groups is 1. The molecule has 0 heterocycles. The van der Waals surface area contributed by atoms with Gasteiger partial charge >= 0.3 is 0 Å². The van der Waals surface area contributed by atoms with Crippen molar-refractivity contribution in [2.24, 2.45) is 0 Å². The molecule has 1 aromatic carbocycles. The molecule has 1 aromatic rings. The summed E-state index contributed by atoms with van der Waals surface area (Å²) in [6.45, 7) is 2.70. The average molecular weight is 333 g/mol. The van der Waals surface area contributed by atoms with Gasteiger partial charge in [0.15, 0.2) is 0 Å². The van der Waals surface area contributed by atoms with Crippen LogP contribution in [0.25, 0.3) is 0 Å². The summed E-state index contributed by atoms with van der Waals surface area (Å²) in [6, 6.07) is 7.46. The lowest BCUT2D eigenvalue weighted by molar-refractivity contribution is 0.402. The summed E-state index contributed by atoms with van der Waals surface area (Å²) in [7, 11) is -2.69. The minimum atomic E-state index is -3.08. The van der Waals surface area contributed by atoms with Crippen LogP contribution in [0.15, 0.2) is 24.3 Å². The van der Waals surface area contributed by atoms with Crippen LogP contribution in [0.3, 0.4) is 0 Å². The van der Waals surface area contributed by atoms with Crippen molar-refractivity contribution >= 4 is 20.6 Å². The van der Waals surface area contributed by atoms with E-state index >= 15 is 0 Å². The van der Waals surface area contributed by atoms with E-state index in [0.717, 1.165) is 24.1 Å². The molecule has 7 heteroatoms. The Kier molecular flexibility index (Phi) is 7.34. The lowest BCUT2D eigenvalue weighted by Crippen LogP contribution is -2.28. The zero-order valence-corrected chi connectivity index (χ0v) is 14.3. The maximum atomic E-state index is 12.1. The van der Waals surface area contributed by atoms with Crippen molar-refractivity contribution in [2.75, 3.05) is 37.2 Å². The highest BCUT2D eigenvalue weighted by atomic mass is 32.2. The quantitative estimate of drug-likeness (QED) is 0.734. The zero-order chi connectivity index (χ0) is 15.9. The van der Waals surface area contributed by atoms with Crippen molar-refractivity contribution in [1.29, 1.82) is 0 Å². The standard InChI is InChI=1S/C14H23NO4S2/c1-4-15-13(11-20(16)9-10-21(3,17)18)12-7-5-6-8-14(12)19-2/h5-8,13,15H,4,9-11H2,1-3H3. The molecule has 0 aliphatic heterocycles. The summed E-state index contributed by atoms with van der Waals surface area (Å²) in [5, 5.41) is 3.28. The number of nitrogens with one attached hydrogen (secondary N) is 1. The second-order valence-electron chi connectivity index (χ2n) is 4.79. The van der Waals surface area contributed by atoms with E-state index < -0.39 is 20.6 Å². The summed E-state index contributed by atoms with van der Waals surface area (Å²) < 4.78 is 39.7. The van der Waals surface area contributed by atoms with Gasteiger partial charge in [-0.25, -0.2) is 8.42 Å². The average Bonchev–Trinajstić information content (AvgIpc) is 2.44. The third kappa shape index (κ3) is 6.58. The Bertz CT molecular complexity index is 572. The van der Waals surface area contributed by atoms with E-state index in [1.165, 1.54) is 0 Å². The molecule has 0 radical (unpaired) electrons. The number of para-hydroxylation sites is 1. The Labute approximate surface area is 129 Å². The van der Waals surface area contributed by atoms with Crippen LogP contribution in [-0.2, 0) is 20.6 Å². The Hall–Kier alpha value is -0.920. The van der Waals surface area contributed by atoms with Crippen LogP contribution >= 0.6 is 0 Å². The molecule has 0 spiro atoms. The van der Waals surface area contributed by atoms with Crippen LogP contribution in [0.4, 0.5) is 0 Å². The maximum absolute atomic E-state index is 12.1. The maximum Gasteiger partial charge on any atom is 0.148 e. The predicted molar refractivity (Wildman–Crippen MR) is 87.0 cm³/mol. The number of benzene rings is 1. The van der Waals surface area contributed by atoms with E-state index in [-0.39, 0.29) is 17.5 Å². The molecule has 2 atom stereocenters. The smallest absolute Gasteiger partial charge is 0.148 e. The van der Waals surface area contributed by atoms with Gasteiger partial charge < -0.3 is 10.1 Å². The van der Waals surface area contributed by atoms with E-state index in [9.17, 15) is 12.6 Å². The van der Waals surface area contributed by atoms with Crippen molar-refractivity contribution in [3.05, 3.63) is 29.8 Å². The molecule has 0 saturated heterocycles. The Morgan fingerprint density at radius 3 is 2.57 bits per heavy atom. The molecule has 120 valence electrons. The van der Waals surface area contributed by atoms with E-state index in [4.69, 9.17) is 4.74 Å². The molecule has 0 bridgehead atoms. The van der Waals surface area contributed by atoms with E-state index in [1.54, 1.807) is 7.11 Å². The molecule has 1 N–H and O–H groups in total. The first-order valence-corrected chi connectivity index (χ1v) is 10.3. The number of methoxy groups -OCH3 is 1. The molecular formula is C14H23NO4S2. The molecular weight excluding hydrogens is 310 g/mol. The second-order valence-corrected chi connectivity index (χ2v) is 8.67. The first-order chi connectivity index (χ1) is 9.87. The third-order valence-electron chi connectivity index (χ3n) is 3.00. The van der Waals surface area contributed by atoms with Gasteiger partial charge in [0.05, 0.1) is 12.9 Å². The largest absolute Gasteiger partial charge is 0.496 e. The Morgan fingerprint density at radius 2 is 2.00 bits per heavy atom. The molecule has 0 aliphatic carbocycles. The van der Waals surface area contributed by atoms with Crippen LogP contribution in [0.1, 0.15) is 18.5 Å². The van der Waals surface area contributed by atoms with E-state index in [1.807, 2.05) is 31.2 Å². The summed E-state index contributed by atoms with van der Waals surface area (Å²) in [5.74, 6) is 1.22. The molecule has 0 saturated carbocycles. The van der Waals surface area contributed by atoms with Crippen LogP contribution in [-0.4, -0.2) is 49.8 Å². The lowest BCUT2D eigenvalue weighted by atomic mass is 10.1. The molecule has 1 rings (SSSR count). The molecule has 21 heavy (non-hydrogen) atoms. The molecule has 0 aliphatic rings. The number of rotatable bonds is 9. The highest BCUT2D eigenvalue weighted by molar-refractivity contribution is 7.92.